The number of aromatic nitrogens is 2. The van der Waals surface area contributed by atoms with E-state index >= 15 is 0 Å². The summed E-state index contributed by atoms with van der Waals surface area (Å²) in [7, 11) is 0. The second kappa shape index (κ2) is 8.41. The van der Waals surface area contributed by atoms with E-state index in [1.165, 1.54) is 17.0 Å². The van der Waals surface area contributed by atoms with Gasteiger partial charge in [-0.1, -0.05) is 19.4 Å². The van der Waals surface area contributed by atoms with E-state index in [1.54, 1.807) is 6.26 Å². The molecule has 29 heavy (non-hydrogen) atoms. The molecule has 0 bridgehead atoms. The minimum atomic E-state index is 0.0399. The van der Waals surface area contributed by atoms with Gasteiger partial charge in [-0.25, -0.2) is 0 Å². The molecule has 3 aromatic rings. The third-order valence-corrected chi connectivity index (χ3v) is 6.13. The normalized spacial score (nSPS) is 19.0. The molecule has 1 aliphatic rings. The molecule has 1 aliphatic heterocycles. The molecular formula is C23H28N4OS. The number of aryl methyl sites for hydroxylation is 1. The lowest BCUT2D eigenvalue weighted by Gasteiger charge is -2.28. The van der Waals surface area contributed by atoms with Crippen LogP contribution < -0.4 is 5.32 Å². The number of rotatable bonds is 7. The summed E-state index contributed by atoms with van der Waals surface area (Å²) < 4.78 is 7.91. The number of thiocarbonyl (C=S) groups is 1. The first-order chi connectivity index (χ1) is 14.1. The maximum absolute atomic E-state index is 5.75. The van der Waals surface area contributed by atoms with E-state index < -0.39 is 0 Å². The van der Waals surface area contributed by atoms with Gasteiger partial charge in [0.25, 0.3) is 0 Å². The van der Waals surface area contributed by atoms with Crippen molar-refractivity contribution in [2.75, 3.05) is 6.54 Å². The van der Waals surface area contributed by atoms with Gasteiger partial charge in [0.15, 0.2) is 5.11 Å². The Morgan fingerprint density at radius 3 is 2.76 bits per heavy atom. The van der Waals surface area contributed by atoms with Gasteiger partial charge in [-0.2, -0.15) is 0 Å². The van der Waals surface area contributed by atoms with Crippen LogP contribution in [0.1, 0.15) is 60.3 Å². The smallest absolute Gasteiger partial charge is 0.170 e. The van der Waals surface area contributed by atoms with Gasteiger partial charge in [0, 0.05) is 24.1 Å². The maximum Gasteiger partial charge on any atom is 0.170 e. The van der Waals surface area contributed by atoms with E-state index in [4.69, 9.17) is 16.6 Å². The molecule has 0 radical (unpaired) electrons. The number of hydrogen-bond donors (Lipinski definition) is 1. The van der Waals surface area contributed by atoms with Crippen molar-refractivity contribution < 1.29 is 4.42 Å². The molecule has 0 saturated carbocycles. The second-order valence-electron chi connectivity index (χ2n) is 7.67. The molecule has 0 aromatic carbocycles. The summed E-state index contributed by atoms with van der Waals surface area (Å²) in [5.41, 5.74) is 4.79. The van der Waals surface area contributed by atoms with Crippen molar-refractivity contribution in [3.63, 3.8) is 0 Å². The molecule has 4 rings (SSSR count). The van der Waals surface area contributed by atoms with E-state index in [0.29, 0.717) is 0 Å². The molecule has 0 spiro atoms. The lowest BCUT2D eigenvalue weighted by Crippen LogP contribution is -2.30. The predicted molar refractivity (Wildman–Crippen MR) is 119 cm³/mol. The van der Waals surface area contributed by atoms with Crippen molar-refractivity contribution in [2.24, 2.45) is 0 Å². The molecule has 0 amide bonds. The van der Waals surface area contributed by atoms with E-state index in [2.05, 4.69) is 52.7 Å². The summed E-state index contributed by atoms with van der Waals surface area (Å²) >= 11 is 5.75. The van der Waals surface area contributed by atoms with Crippen LogP contribution in [0.5, 0.6) is 0 Å². The average molecular weight is 409 g/mol. The fourth-order valence-corrected chi connectivity index (χ4v) is 4.57. The number of nitrogens with one attached hydrogen (secondary N) is 1. The van der Waals surface area contributed by atoms with Gasteiger partial charge < -0.3 is 19.2 Å². The minimum Gasteiger partial charge on any atom is -0.467 e. The van der Waals surface area contributed by atoms with Crippen molar-refractivity contribution in [1.82, 2.24) is 19.8 Å². The first kappa shape index (κ1) is 19.7. The Morgan fingerprint density at radius 2 is 2.07 bits per heavy atom. The van der Waals surface area contributed by atoms with E-state index in [9.17, 15) is 0 Å². The molecule has 5 nitrogen and oxygen atoms in total. The maximum atomic E-state index is 5.75. The molecule has 4 heterocycles. The Bertz CT molecular complexity index is 964. The molecule has 1 saturated heterocycles. The second-order valence-corrected chi connectivity index (χ2v) is 8.05. The quantitative estimate of drug-likeness (QED) is 0.563. The van der Waals surface area contributed by atoms with Crippen molar-refractivity contribution in [1.29, 1.82) is 0 Å². The third kappa shape index (κ3) is 3.81. The molecule has 2 atom stereocenters. The molecule has 0 unspecified atom stereocenters. The van der Waals surface area contributed by atoms with Gasteiger partial charge in [0.2, 0.25) is 0 Å². The van der Waals surface area contributed by atoms with Crippen LogP contribution in [-0.2, 0) is 6.54 Å². The molecule has 152 valence electrons. The van der Waals surface area contributed by atoms with E-state index in [-0.39, 0.29) is 12.1 Å². The summed E-state index contributed by atoms with van der Waals surface area (Å²) in [6, 6.07) is 12.5. The summed E-state index contributed by atoms with van der Waals surface area (Å²) in [4.78, 5) is 6.98. The fourth-order valence-electron chi connectivity index (χ4n) is 4.24. The first-order valence-corrected chi connectivity index (χ1v) is 10.7. The highest BCUT2D eigenvalue weighted by atomic mass is 32.1. The highest BCUT2D eigenvalue weighted by Crippen LogP contribution is 2.41. The summed E-state index contributed by atoms with van der Waals surface area (Å²) in [6.07, 6.45) is 5.83. The van der Waals surface area contributed by atoms with Crippen LogP contribution in [0, 0.1) is 13.8 Å². The van der Waals surface area contributed by atoms with Crippen molar-refractivity contribution in [3.05, 3.63) is 77.3 Å². The Labute approximate surface area is 177 Å². The van der Waals surface area contributed by atoms with Gasteiger partial charge in [-0.3, -0.25) is 4.98 Å². The number of pyridine rings is 1. The lowest BCUT2D eigenvalue weighted by molar-refractivity contribution is 0.311. The zero-order valence-corrected chi connectivity index (χ0v) is 18.1. The lowest BCUT2D eigenvalue weighted by atomic mass is 9.96. The van der Waals surface area contributed by atoms with Crippen molar-refractivity contribution >= 4 is 17.3 Å². The van der Waals surface area contributed by atoms with E-state index in [0.717, 1.165) is 42.5 Å². The standard InChI is InChI=1S/C23H28N4OS/c1-4-5-12-26-22(21(25-23(26)29)20-10-6-7-11-24-20)19-14-16(2)27(17(19)3)15-18-9-8-13-28-18/h6-11,13-14,21-22H,4-5,12,15H2,1-3H3,(H,25,29)/t21-,22+/m1/s1. The van der Waals surface area contributed by atoms with Crippen molar-refractivity contribution in [3.8, 4) is 0 Å². The van der Waals surface area contributed by atoms with Gasteiger partial charge in [-0.15, -0.1) is 0 Å². The third-order valence-electron chi connectivity index (χ3n) is 5.78. The van der Waals surface area contributed by atoms with E-state index in [1.807, 2.05) is 30.5 Å². The number of nitrogens with zero attached hydrogens (tertiary/aromatic N) is 3. The Balaban J connectivity index is 1.74. The monoisotopic (exact) mass is 408 g/mol. The first-order valence-electron chi connectivity index (χ1n) is 10.3. The van der Waals surface area contributed by atoms with Crippen LogP contribution in [0.3, 0.4) is 0 Å². The molecule has 3 aromatic heterocycles. The highest BCUT2D eigenvalue weighted by Gasteiger charge is 2.40. The average Bonchev–Trinajstić information content (AvgIpc) is 3.42. The molecule has 1 N–H and O–H groups in total. The highest BCUT2D eigenvalue weighted by molar-refractivity contribution is 7.80. The number of furan rings is 1. The molecule has 1 fully saturated rings. The van der Waals surface area contributed by atoms with Gasteiger partial charge in [0.05, 0.1) is 30.6 Å². The zero-order valence-electron chi connectivity index (χ0n) is 17.3. The van der Waals surface area contributed by atoms with Gasteiger partial charge in [0.1, 0.15) is 5.76 Å². The number of unbranched alkanes of at least 4 members (excludes halogenated alkanes) is 1. The summed E-state index contributed by atoms with van der Waals surface area (Å²) in [6.45, 7) is 8.25. The van der Waals surface area contributed by atoms with Crippen LogP contribution in [-0.4, -0.2) is 26.1 Å². The SMILES string of the molecule is CCCCN1C(=S)N[C@H](c2ccccn2)[C@@H]1c1cc(C)n(Cc2ccco2)c1C. The summed E-state index contributed by atoms with van der Waals surface area (Å²) in [5, 5.41) is 4.36. The molecular weight excluding hydrogens is 380 g/mol. The zero-order chi connectivity index (χ0) is 20.4. The Morgan fingerprint density at radius 1 is 1.21 bits per heavy atom. The molecule has 6 heteroatoms. The van der Waals surface area contributed by atoms with Gasteiger partial charge in [-0.05, 0) is 68.4 Å². The Kier molecular flexibility index (Phi) is 5.72. The van der Waals surface area contributed by atoms with Crippen LogP contribution in [0.15, 0.2) is 53.3 Å². The predicted octanol–water partition coefficient (Wildman–Crippen LogP) is 4.91. The molecule has 0 aliphatic carbocycles. The van der Waals surface area contributed by atoms with Gasteiger partial charge >= 0.3 is 0 Å². The van der Waals surface area contributed by atoms with Crippen LogP contribution in [0.25, 0.3) is 0 Å². The number of hydrogen-bond acceptors (Lipinski definition) is 3. The van der Waals surface area contributed by atoms with Crippen LogP contribution in [0.2, 0.25) is 0 Å². The topological polar surface area (TPSA) is 46.2 Å². The van der Waals surface area contributed by atoms with Crippen LogP contribution >= 0.6 is 12.2 Å². The Hall–Kier alpha value is -2.60. The largest absolute Gasteiger partial charge is 0.467 e. The fraction of sp³-hybridized carbons (Fsp3) is 0.391. The van der Waals surface area contributed by atoms with Crippen molar-refractivity contribution in [2.45, 2.75) is 52.2 Å². The van der Waals surface area contributed by atoms with Crippen LogP contribution in [0.4, 0.5) is 0 Å². The minimum absolute atomic E-state index is 0.0399. The summed E-state index contributed by atoms with van der Waals surface area (Å²) in [5.74, 6) is 0.961.